The van der Waals surface area contributed by atoms with E-state index >= 15 is 0 Å². The molecule has 1 aromatic heterocycles. The molecule has 1 heterocycles. The van der Waals surface area contributed by atoms with Crippen molar-refractivity contribution < 1.29 is 130 Å². The zero-order chi connectivity index (χ0) is 69.2. The van der Waals surface area contributed by atoms with Crippen molar-refractivity contribution in [2.45, 2.75) is 39.2 Å². The predicted octanol–water partition coefficient (Wildman–Crippen LogP) is 6.89. The van der Waals surface area contributed by atoms with Crippen molar-refractivity contribution in [2.24, 2.45) is 40.9 Å². The van der Waals surface area contributed by atoms with Crippen molar-refractivity contribution in [1.29, 1.82) is 0 Å². The third-order valence-corrected chi connectivity index (χ3v) is 18.8. The number of aromatic nitrogens is 2. The number of azo groups is 4. The maximum atomic E-state index is 13.5. The number of anilines is 1. The number of phenolic OH excluding ortho intramolecular Hbond substituents is 2. The van der Waals surface area contributed by atoms with Crippen LogP contribution >= 0.6 is 12.0 Å². The molecule has 43 nitrogen and oxygen atoms in total. The molecule has 8 rings (SSSR count). The van der Waals surface area contributed by atoms with E-state index in [0.29, 0.717) is 60.7 Å². The maximum absolute atomic E-state index is 13.5. The number of carboxylic acid groups (broad SMARTS) is 1. The molecule has 14 N–H and O–H groups in total. The third kappa shape index (κ3) is 14.4. The maximum Gasteiger partial charge on any atom is 0.356 e. The second-order valence-corrected chi connectivity index (χ2v) is 28.2. The number of nitro benzene ring substituents is 1. The van der Waals surface area contributed by atoms with E-state index < -0.39 is 228 Å². The quantitative estimate of drug-likeness (QED) is 0.00662. The standard InChI is InChI=1S/C42H28N12O31S8/c43-33-24(14-28(89(69,70)71)20-12-26(86-85-84-62)34(39(56)32(20)33)49-45-22-6-2-16(54(60)61)10-30(22)91(75,76)77)48-47-23-7-4-18-19(40(23)93(81,82)83)13-31(92(78,79)80)35(38(18)55)50-44-15-1-5-21(29(9-15)90(72,73)74)46-51-36-37(42(58)59)52-53(41(36)57)25-11-17(87(63,64)65)3-8-27(25)88(66,67)68/h1-14,52,55-56,62H,43H2,(H,58,59)(H,63,64,65)(H,66,67,68)(H,69,70,71)(H,72,73,74)(H,75,76,77)(H,78,79,80)(H,81,82,83). The number of carbonyl (C=O) groups is 1. The van der Waals surface area contributed by atoms with Crippen molar-refractivity contribution in [3.05, 3.63) is 111 Å². The Hall–Kier alpha value is -9.66. The number of phenols is 2. The number of non-ortho nitro benzene ring substituents is 1. The van der Waals surface area contributed by atoms with Crippen LogP contribution in [0.15, 0.2) is 170 Å². The fraction of sp³-hybridized carbons (Fsp3) is 0. The molecule has 0 spiro atoms. The van der Waals surface area contributed by atoms with E-state index in [4.69, 9.17) is 11.0 Å². The zero-order valence-corrected chi connectivity index (χ0v) is 50.5. The van der Waals surface area contributed by atoms with Crippen LogP contribution in [0.3, 0.4) is 0 Å². The second-order valence-electron chi connectivity index (χ2n) is 17.7. The first kappa shape index (κ1) is 69.2. The van der Waals surface area contributed by atoms with Crippen LogP contribution in [0.4, 0.5) is 56.9 Å². The molecular formula is C42H28N12O31S8. The van der Waals surface area contributed by atoms with Crippen LogP contribution in [0.5, 0.6) is 11.5 Å². The number of fused-ring (bicyclic) bond motifs is 2. The third-order valence-electron chi connectivity index (χ3n) is 12.0. The summed E-state index contributed by atoms with van der Waals surface area (Å²) in [5.74, 6) is -4.77. The summed E-state index contributed by atoms with van der Waals surface area (Å²) in [6.45, 7) is 0. The van der Waals surface area contributed by atoms with Gasteiger partial charge in [-0.05, 0) is 72.8 Å². The number of nitrogens with zero attached hydrogens (tertiary/aromatic N) is 10. The van der Waals surface area contributed by atoms with E-state index in [9.17, 15) is 126 Å². The Balaban J connectivity index is 1.23. The summed E-state index contributed by atoms with van der Waals surface area (Å²) < 4.78 is 250. The number of nitro groups is 1. The zero-order valence-electron chi connectivity index (χ0n) is 44.0. The Morgan fingerprint density at radius 2 is 1.08 bits per heavy atom. The van der Waals surface area contributed by atoms with Crippen LogP contribution in [0, 0.1) is 10.1 Å². The minimum absolute atomic E-state index is 0.0117. The van der Waals surface area contributed by atoms with E-state index in [2.05, 4.69) is 50.3 Å². The molecule has 0 radical (unpaired) electrons. The molecule has 0 saturated carbocycles. The first-order valence-corrected chi connectivity index (χ1v) is 33.9. The molecule has 0 aliphatic heterocycles. The first-order valence-electron chi connectivity index (χ1n) is 23.1. The van der Waals surface area contributed by atoms with Crippen LogP contribution in [0.25, 0.3) is 27.2 Å². The van der Waals surface area contributed by atoms with E-state index in [1.54, 1.807) is 0 Å². The summed E-state index contributed by atoms with van der Waals surface area (Å²) in [6, 6.07) is 7.41. The molecule has 0 atom stereocenters. The van der Waals surface area contributed by atoms with Crippen LogP contribution in [-0.4, -0.2) is 132 Å². The number of hydrogen-bond acceptors (Lipinski definition) is 33. The topological polar surface area (TPSA) is 703 Å². The number of aromatic carboxylic acids is 1. The molecule has 0 aliphatic carbocycles. The summed E-state index contributed by atoms with van der Waals surface area (Å²) in [7, 11) is -38.6. The van der Waals surface area contributed by atoms with Gasteiger partial charge in [0.2, 0.25) is 0 Å². The number of nitrogen functional groups attached to an aromatic ring is 1. The van der Waals surface area contributed by atoms with Crippen molar-refractivity contribution in [2.75, 3.05) is 5.73 Å². The highest BCUT2D eigenvalue weighted by Crippen LogP contribution is 2.51. The van der Waals surface area contributed by atoms with Crippen LogP contribution < -0.4 is 11.3 Å². The molecule has 8 aromatic rings. The van der Waals surface area contributed by atoms with Gasteiger partial charge in [-0.25, -0.2) is 14.7 Å². The lowest BCUT2D eigenvalue weighted by Crippen LogP contribution is -2.18. The highest BCUT2D eigenvalue weighted by atomic mass is 32.2. The van der Waals surface area contributed by atoms with Crippen molar-refractivity contribution in [3.63, 3.8) is 0 Å². The largest absolute Gasteiger partial charge is 0.505 e. The highest BCUT2D eigenvalue weighted by Gasteiger charge is 2.32. The molecule has 0 fully saturated rings. The number of nitrogens with one attached hydrogen (secondary N) is 1. The molecule has 0 saturated heterocycles. The number of H-pyrrole nitrogens is 1. The average Bonchev–Trinajstić information content (AvgIpc) is 1.33. The van der Waals surface area contributed by atoms with E-state index in [1.807, 2.05) is 5.10 Å². The van der Waals surface area contributed by atoms with Gasteiger partial charge in [0.05, 0.1) is 49.2 Å². The molecule has 0 amide bonds. The lowest BCUT2D eigenvalue weighted by molar-refractivity contribution is -0.432. The number of nitrogens with two attached hydrogens (primary N) is 1. The Morgan fingerprint density at radius 3 is 1.62 bits per heavy atom. The normalized spacial score (nSPS) is 13.2. The summed E-state index contributed by atoms with van der Waals surface area (Å²) in [6.07, 6.45) is 0. The van der Waals surface area contributed by atoms with Gasteiger partial charge in [0, 0.05) is 28.3 Å². The molecule has 7 aromatic carbocycles. The molecular weight excluding hydrogens is 1430 g/mol. The Bertz CT molecular complexity index is 5660. The summed E-state index contributed by atoms with van der Waals surface area (Å²) in [5.41, 5.74) is -7.65. The number of aromatic amines is 1. The van der Waals surface area contributed by atoms with Gasteiger partial charge in [0.1, 0.15) is 63.5 Å². The Kier molecular flexibility index (Phi) is 18.4. The molecule has 490 valence electrons. The lowest BCUT2D eigenvalue weighted by Gasteiger charge is -2.15. The summed E-state index contributed by atoms with van der Waals surface area (Å²) in [4.78, 5) is 26.2. The highest BCUT2D eigenvalue weighted by molar-refractivity contribution is 7.94. The smallest absolute Gasteiger partial charge is 0.356 e. The number of rotatable bonds is 21. The Labute approximate surface area is 518 Å². The summed E-state index contributed by atoms with van der Waals surface area (Å²) >= 11 is -0.0707. The monoisotopic (exact) mass is 1450 g/mol. The second kappa shape index (κ2) is 24.8. The van der Waals surface area contributed by atoms with Gasteiger partial charge >= 0.3 is 5.97 Å². The van der Waals surface area contributed by atoms with Gasteiger partial charge in [0.25, 0.3) is 82.1 Å². The molecule has 93 heavy (non-hydrogen) atoms. The van der Waals surface area contributed by atoms with Crippen molar-refractivity contribution in [1.82, 2.24) is 9.78 Å². The van der Waals surface area contributed by atoms with Gasteiger partial charge in [-0.1, -0.05) is 5.04 Å². The number of aromatic hydroxyl groups is 2. The molecule has 51 heteroatoms. The Morgan fingerprint density at radius 1 is 0.538 bits per heavy atom. The van der Waals surface area contributed by atoms with Crippen molar-refractivity contribution >= 4 is 167 Å². The summed E-state index contributed by atoms with van der Waals surface area (Å²) in [5, 5.41) is 83.5. The van der Waals surface area contributed by atoms with Gasteiger partial charge in [-0.3, -0.25) is 51.9 Å². The van der Waals surface area contributed by atoms with Gasteiger partial charge in [0.15, 0.2) is 22.9 Å². The minimum Gasteiger partial charge on any atom is -0.505 e. The minimum atomic E-state index is -5.80. The number of hydrogen-bond donors (Lipinski definition) is 13. The van der Waals surface area contributed by atoms with E-state index in [-0.39, 0.29) is 22.8 Å². The molecule has 0 aliphatic rings. The number of carboxylic acids is 1. The van der Waals surface area contributed by atoms with Crippen LogP contribution in [0.1, 0.15) is 10.5 Å². The van der Waals surface area contributed by atoms with E-state index in [0.717, 1.165) is 18.2 Å². The molecule has 0 bridgehead atoms. The van der Waals surface area contributed by atoms with Gasteiger partial charge < -0.3 is 21.1 Å². The fourth-order valence-corrected chi connectivity index (χ4v) is 13.2. The van der Waals surface area contributed by atoms with Crippen molar-refractivity contribution in [3.8, 4) is 17.2 Å². The van der Waals surface area contributed by atoms with Crippen LogP contribution in [0.2, 0.25) is 0 Å². The van der Waals surface area contributed by atoms with E-state index in [1.165, 1.54) is 0 Å². The van der Waals surface area contributed by atoms with Gasteiger partial charge in [-0.15, -0.1) is 40.1 Å². The van der Waals surface area contributed by atoms with Crippen LogP contribution in [-0.2, 0) is 80.2 Å². The molecule has 0 unspecified atom stereocenters. The van der Waals surface area contributed by atoms with Gasteiger partial charge in [-0.2, -0.15) is 64.0 Å². The predicted molar refractivity (Wildman–Crippen MR) is 305 cm³/mol. The SMILES string of the molecule is Nc1c(N=Nc2ccc3c(O)c(N=Nc4ccc(N=Nc5c(C(=O)O)[nH]n(-c6cc(S(=O)(=O)O)ccc6S(=O)(=O)O)c5=O)c(S(=O)(=O)O)c4)c(S(=O)(=O)O)cc3c2S(=O)(=O)O)cc(S(=O)(=O)O)c2cc(SOOO)c(N=Nc3ccc([N+](=O)[O-])cc3S(=O)(=O)O)c(O)c12. The lowest BCUT2D eigenvalue weighted by atomic mass is 10.0. The number of benzene rings is 7. The fourth-order valence-electron chi connectivity index (χ4n) is 8.12. The first-order chi connectivity index (χ1) is 42.8. The average molecular weight is 1450 g/mol.